The van der Waals surface area contributed by atoms with Crippen LogP contribution in [0.25, 0.3) is 0 Å². The van der Waals surface area contributed by atoms with Crippen LogP contribution in [0, 0.1) is 16.2 Å². The lowest BCUT2D eigenvalue weighted by atomic mass is 9.73. The Bertz CT molecular complexity index is 269. The van der Waals surface area contributed by atoms with Gasteiger partial charge in [0.25, 0.3) is 0 Å². The first kappa shape index (κ1) is 9.17. The number of fused-ring (bicyclic) bond motifs is 1. The molecule has 0 radical (unpaired) electrons. The van der Waals surface area contributed by atoms with E-state index >= 15 is 0 Å². The molecule has 1 saturated heterocycles. The van der Waals surface area contributed by atoms with Crippen LogP contribution >= 0.6 is 0 Å². The van der Waals surface area contributed by atoms with Crippen molar-refractivity contribution in [2.75, 3.05) is 13.2 Å². The van der Waals surface area contributed by atoms with Gasteiger partial charge in [0.1, 0.15) is 0 Å². The predicted molar refractivity (Wildman–Crippen MR) is 56.0 cm³/mol. The van der Waals surface area contributed by atoms with Gasteiger partial charge in [-0.1, -0.05) is 20.3 Å². The van der Waals surface area contributed by atoms with Gasteiger partial charge in [0.05, 0.1) is 6.61 Å². The molecule has 3 rings (SSSR count). The van der Waals surface area contributed by atoms with E-state index in [9.17, 15) is 5.11 Å². The maximum Gasteiger partial charge on any atom is 0.0584 e. The molecule has 0 aromatic carbocycles. The van der Waals surface area contributed by atoms with Crippen LogP contribution in [0.5, 0.6) is 0 Å². The molecule has 1 heterocycles. The van der Waals surface area contributed by atoms with Crippen molar-refractivity contribution in [3.8, 4) is 0 Å². The van der Waals surface area contributed by atoms with Crippen LogP contribution < -0.4 is 5.32 Å². The highest BCUT2D eigenvalue weighted by molar-refractivity contribution is 5.32. The Hall–Kier alpha value is -0.0800. The summed E-state index contributed by atoms with van der Waals surface area (Å²) in [5.74, 6) is 0. The Kier molecular flexibility index (Phi) is 1.54. The zero-order chi connectivity index (χ0) is 10.0. The zero-order valence-corrected chi connectivity index (χ0v) is 9.27. The molecule has 0 amide bonds. The third-order valence-corrected chi connectivity index (χ3v) is 5.96. The maximum absolute atomic E-state index is 9.19. The average Bonchev–Trinajstić information content (AvgIpc) is 2.44. The van der Waals surface area contributed by atoms with Crippen molar-refractivity contribution in [2.24, 2.45) is 16.2 Å². The molecule has 2 atom stereocenters. The minimum atomic E-state index is 0.313. The van der Waals surface area contributed by atoms with E-state index in [1.807, 2.05) is 0 Å². The van der Waals surface area contributed by atoms with Gasteiger partial charge in [0.2, 0.25) is 0 Å². The number of nitrogens with one attached hydrogen (secondary N) is 1. The van der Waals surface area contributed by atoms with E-state index in [0.29, 0.717) is 28.9 Å². The molecule has 2 N–H and O–H groups in total. The van der Waals surface area contributed by atoms with Gasteiger partial charge in [-0.15, -0.1) is 0 Å². The predicted octanol–water partition coefficient (Wildman–Crippen LogP) is 1.54. The lowest BCUT2D eigenvalue weighted by molar-refractivity contribution is 0.189. The molecule has 14 heavy (non-hydrogen) atoms. The first-order valence-corrected chi connectivity index (χ1v) is 5.94. The Morgan fingerprint density at radius 2 is 2.00 bits per heavy atom. The Labute approximate surface area is 86.1 Å². The van der Waals surface area contributed by atoms with Crippen LogP contribution in [0.15, 0.2) is 0 Å². The van der Waals surface area contributed by atoms with Gasteiger partial charge < -0.3 is 10.4 Å². The summed E-state index contributed by atoms with van der Waals surface area (Å²) in [6.07, 6.45) is 5.49. The van der Waals surface area contributed by atoms with Crippen LogP contribution in [0.3, 0.4) is 0 Å². The fraction of sp³-hybridized carbons (Fsp3) is 1.00. The number of aliphatic hydroxyl groups is 1. The van der Waals surface area contributed by atoms with Crippen molar-refractivity contribution in [2.45, 2.75) is 45.6 Å². The molecule has 2 aliphatic carbocycles. The normalized spacial score (nSPS) is 46.9. The van der Waals surface area contributed by atoms with Gasteiger partial charge in [-0.05, 0) is 35.5 Å². The van der Waals surface area contributed by atoms with Gasteiger partial charge in [-0.2, -0.15) is 0 Å². The van der Waals surface area contributed by atoms with E-state index in [1.54, 1.807) is 0 Å². The largest absolute Gasteiger partial charge is 0.395 e. The highest BCUT2D eigenvalue weighted by Gasteiger charge is 2.83. The van der Waals surface area contributed by atoms with E-state index < -0.39 is 0 Å². The molecule has 1 aliphatic heterocycles. The zero-order valence-electron chi connectivity index (χ0n) is 9.27. The lowest BCUT2D eigenvalue weighted by Gasteiger charge is -2.31. The smallest absolute Gasteiger partial charge is 0.0584 e. The molecule has 0 aromatic rings. The number of hydrogen-bond acceptors (Lipinski definition) is 2. The topological polar surface area (TPSA) is 32.3 Å². The Morgan fingerprint density at radius 3 is 2.36 bits per heavy atom. The van der Waals surface area contributed by atoms with Crippen molar-refractivity contribution in [1.29, 1.82) is 0 Å². The second-order valence-electron chi connectivity index (χ2n) is 6.11. The van der Waals surface area contributed by atoms with Crippen LogP contribution in [-0.2, 0) is 0 Å². The van der Waals surface area contributed by atoms with E-state index in [4.69, 9.17) is 0 Å². The molecule has 2 heteroatoms. The van der Waals surface area contributed by atoms with Gasteiger partial charge >= 0.3 is 0 Å². The standard InChI is InChI=1S/C12H21NO/c1-10(2)11(4-3-5-11)12(10)6-9(7-14)13-8-12/h9,13-14H,3-8H2,1-2H3/t9-,12+/m0/s1. The summed E-state index contributed by atoms with van der Waals surface area (Å²) >= 11 is 0. The monoisotopic (exact) mass is 195 g/mol. The first-order valence-electron chi connectivity index (χ1n) is 5.94. The molecule has 0 unspecified atom stereocenters. The highest BCUT2D eigenvalue weighted by Crippen LogP contribution is 2.87. The highest BCUT2D eigenvalue weighted by atomic mass is 16.3. The van der Waals surface area contributed by atoms with Gasteiger partial charge in [0, 0.05) is 12.6 Å². The molecular formula is C12H21NO. The third kappa shape index (κ3) is 0.674. The van der Waals surface area contributed by atoms with Crippen molar-refractivity contribution in [3.63, 3.8) is 0 Å². The first-order chi connectivity index (χ1) is 6.60. The fourth-order valence-corrected chi connectivity index (χ4v) is 4.75. The SMILES string of the molecule is CC1(C)C2(CCC2)[C@]12CN[C@H](CO)C2. The van der Waals surface area contributed by atoms with Crippen molar-refractivity contribution in [3.05, 3.63) is 0 Å². The molecular weight excluding hydrogens is 174 g/mol. The van der Waals surface area contributed by atoms with Crippen LogP contribution in [0.2, 0.25) is 0 Å². The summed E-state index contributed by atoms with van der Waals surface area (Å²) < 4.78 is 0. The van der Waals surface area contributed by atoms with E-state index in [2.05, 4.69) is 19.2 Å². The number of aliphatic hydroxyl groups excluding tert-OH is 1. The van der Waals surface area contributed by atoms with Crippen molar-refractivity contribution < 1.29 is 5.11 Å². The summed E-state index contributed by atoms with van der Waals surface area (Å²) in [6, 6.07) is 0.370. The van der Waals surface area contributed by atoms with Crippen LogP contribution in [-0.4, -0.2) is 24.3 Å². The summed E-state index contributed by atoms with van der Waals surface area (Å²) in [7, 11) is 0. The Morgan fingerprint density at radius 1 is 1.29 bits per heavy atom. The van der Waals surface area contributed by atoms with Crippen molar-refractivity contribution >= 4 is 0 Å². The molecule has 3 fully saturated rings. The van der Waals surface area contributed by atoms with Crippen LogP contribution in [0.1, 0.15) is 39.5 Å². The fourth-order valence-electron chi connectivity index (χ4n) is 4.75. The molecule has 0 aromatic heterocycles. The molecule has 2 saturated carbocycles. The quantitative estimate of drug-likeness (QED) is 0.665. The maximum atomic E-state index is 9.19. The number of hydrogen-bond donors (Lipinski definition) is 2. The minimum absolute atomic E-state index is 0.313. The van der Waals surface area contributed by atoms with Crippen molar-refractivity contribution in [1.82, 2.24) is 5.32 Å². The molecule has 2 nitrogen and oxygen atoms in total. The van der Waals surface area contributed by atoms with E-state index in [1.165, 1.54) is 25.7 Å². The van der Waals surface area contributed by atoms with E-state index in [0.717, 1.165) is 6.54 Å². The third-order valence-electron chi connectivity index (χ3n) is 5.96. The van der Waals surface area contributed by atoms with Crippen LogP contribution in [0.4, 0.5) is 0 Å². The lowest BCUT2D eigenvalue weighted by Crippen LogP contribution is -2.25. The molecule has 80 valence electrons. The van der Waals surface area contributed by atoms with Gasteiger partial charge in [-0.3, -0.25) is 0 Å². The van der Waals surface area contributed by atoms with Gasteiger partial charge in [-0.25, -0.2) is 0 Å². The van der Waals surface area contributed by atoms with E-state index in [-0.39, 0.29) is 0 Å². The summed E-state index contributed by atoms with van der Waals surface area (Å²) in [6.45, 7) is 6.33. The number of rotatable bonds is 1. The molecule has 3 aliphatic rings. The second-order valence-corrected chi connectivity index (χ2v) is 6.11. The minimum Gasteiger partial charge on any atom is -0.395 e. The molecule has 0 bridgehead atoms. The van der Waals surface area contributed by atoms with Gasteiger partial charge in [0.15, 0.2) is 0 Å². The summed E-state index contributed by atoms with van der Waals surface area (Å²) in [5.41, 5.74) is 1.71. The Balaban J connectivity index is 1.86. The summed E-state index contributed by atoms with van der Waals surface area (Å²) in [4.78, 5) is 0. The molecule has 2 spiro atoms. The average molecular weight is 195 g/mol. The second kappa shape index (κ2) is 2.35. The summed E-state index contributed by atoms with van der Waals surface area (Å²) in [5, 5.41) is 12.7.